The molecule has 1 rings (SSSR count). The van der Waals surface area contributed by atoms with Crippen LogP contribution in [0.3, 0.4) is 0 Å². The number of rotatable bonds is 19. The highest BCUT2D eigenvalue weighted by molar-refractivity contribution is 5.45. The molecule has 0 aliphatic rings. The van der Waals surface area contributed by atoms with E-state index in [1.54, 1.807) is 0 Å². The lowest BCUT2D eigenvalue weighted by Gasteiger charge is -2.08. The van der Waals surface area contributed by atoms with Gasteiger partial charge in [-0.3, -0.25) is 0 Å². The van der Waals surface area contributed by atoms with Crippen molar-refractivity contribution in [1.82, 2.24) is 0 Å². The van der Waals surface area contributed by atoms with Gasteiger partial charge in [-0.25, -0.2) is 0 Å². The van der Waals surface area contributed by atoms with E-state index in [1.165, 1.54) is 114 Å². The molecule has 0 radical (unpaired) electrons. The molecule has 0 spiro atoms. The third kappa shape index (κ3) is 14.7. The summed E-state index contributed by atoms with van der Waals surface area (Å²) in [4.78, 5) is 0. The molecule has 2 heteroatoms. The summed E-state index contributed by atoms with van der Waals surface area (Å²) in [5.74, 6) is 0. The fourth-order valence-electron chi connectivity index (χ4n) is 3.71. The molecule has 0 amide bonds. The van der Waals surface area contributed by atoms with Crippen LogP contribution in [-0.2, 0) is 6.54 Å². The van der Waals surface area contributed by atoms with E-state index in [2.05, 4.69) is 36.5 Å². The summed E-state index contributed by atoms with van der Waals surface area (Å²) < 4.78 is 0. The number of anilines is 1. The molecule has 0 unspecified atom stereocenters. The first kappa shape index (κ1) is 24.0. The van der Waals surface area contributed by atoms with Crippen molar-refractivity contribution in [1.29, 1.82) is 0 Å². The van der Waals surface area contributed by atoms with Crippen molar-refractivity contribution in [3.63, 3.8) is 0 Å². The first-order chi connectivity index (χ1) is 13.4. The third-order valence-electron chi connectivity index (χ3n) is 5.52. The van der Waals surface area contributed by atoms with Crippen molar-refractivity contribution in [3.8, 4) is 0 Å². The molecular weight excluding hydrogens is 328 g/mol. The van der Waals surface area contributed by atoms with Gasteiger partial charge in [0.25, 0.3) is 0 Å². The molecule has 2 nitrogen and oxygen atoms in total. The van der Waals surface area contributed by atoms with Gasteiger partial charge in [-0.15, -0.1) is 0 Å². The number of unbranched alkanes of at least 4 members (excludes halogenated alkanes) is 15. The zero-order valence-corrected chi connectivity index (χ0v) is 18.1. The maximum absolute atomic E-state index is 5.69. The van der Waals surface area contributed by atoms with Gasteiger partial charge >= 0.3 is 0 Å². The molecule has 0 aliphatic heterocycles. The summed E-state index contributed by atoms with van der Waals surface area (Å²) in [6.45, 7) is 3.99. The quantitative estimate of drug-likeness (QED) is 0.242. The molecule has 3 N–H and O–H groups in total. The molecule has 0 aromatic heterocycles. The van der Waals surface area contributed by atoms with E-state index in [4.69, 9.17) is 5.73 Å². The SMILES string of the molecule is CCCCCCCCCCCCCCCCCCNc1cccc(CN)c1. The van der Waals surface area contributed by atoms with E-state index < -0.39 is 0 Å². The summed E-state index contributed by atoms with van der Waals surface area (Å²) >= 11 is 0. The number of benzene rings is 1. The van der Waals surface area contributed by atoms with Crippen LogP contribution in [0.25, 0.3) is 0 Å². The van der Waals surface area contributed by atoms with Gasteiger partial charge < -0.3 is 11.1 Å². The molecule has 0 atom stereocenters. The van der Waals surface area contributed by atoms with Gasteiger partial charge in [0.15, 0.2) is 0 Å². The van der Waals surface area contributed by atoms with Crippen molar-refractivity contribution in [2.45, 2.75) is 116 Å². The Kier molecular flexibility index (Phi) is 16.3. The van der Waals surface area contributed by atoms with E-state index in [0.717, 1.165) is 6.54 Å². The van der Waals surface area contributed by atoms with Crippen LogP contribution in [0.2, 0.25) is 0 Å². The molecular formula is C25H46N2. The molecule has 0 bridgehead atoms. The number of nitrogens with two attached hydrogens (primary N) is 1. The smallest absolute Gasteiger partial charge is 0.0343 e. The maximum atomic E-state index is 5.69. The van der Waals surface area contributed by atoms with Crippen molar-refractivity contribution < 1.29 is 0 Å². The standard InChI is InChI=1S/C25H46N2/c1-2-3-4-5-6-7-8-9-10-11-12-13-14-15-16-17-21-27-25-20-18-19-24(22-25)23-26/h18-20,22,27H,2-17,21,23,26H2,1H3. The molecule has 0 heterocycles. The molecule has 156 valence electrons. The first-order valence-corrected chi connectivity index (χ1v) is 11.9. The minimum absolute atomic E-state index is 0.620. The average molecular weight is 375 g/mol. The zero-order chi connectivity index (χ0) is 19.4. The predicted octanol–water partition coefficient (Wildman–Crippen LogP) is 7.82. The van der Waals surface area contributed by atoms with Crippen LogP contribution in [0.4, 0.5) is 5.69 Å². The minimum Gasteiger partial charge on any atom is -0.385 e. The van der Waals surface area contributed by atoms with Crippen molar-refractivity contribution >= 4 is 5.69 Å². The van der Waals surface area contributed by atoms with Crippen LogP contribution < -0.4 is 11.1 Å². The number of nitrogens with one attached hydrogen (secondary N) is 1. The van der Waals surface area contributed by atoms with Gasteiger partial charge in [0.05, 0.1) is 0 Å². The largest absolute Gasteiger partial charge is 0.385 e. The Balaban J connectivity index is 1.76. The highest BCUT2D eigenvalue weighted by atomic mass is 14.9. The molecule has 0 saturated carbocycles. The van der Waals surface area contributed by atoms with Crippen LogP contribution in [0.15, 0.2) is 24.3 Å². The van der Waals surface area contributed by atoms with Crippen LogP contribution >= 0.6 is 0 Å². The van der Waals surface area contributed by atoms with Crippen molar-refractivity contribution in [3.05, 3.63) is 29.8 Å². The highest BCUT2D eigenvalue weighted by Gasteiger charge is 1.96. The summed E-state index contributed by atoms with van der Waals surface area (Å²) in [7, 11) is 0. The molecule has 0 saturated heterocycles. The number of hydrogen-bond acceptors (Lipinski definition) is 2. The van der Waals surface area contributed by atoms with Crippen LogP contribution in [0, 0.1) is 0 Å². The van der Waals surface area contributed by atoms with Crippen LogP contribution in [-0.4, -0.2) is 6.54 Å². The molecule has 27 heavy (non-hydrogen) atoms. The Morgan fingerprint density at radius 2 is 1.15 bits per heavy atom. The molecule has 1 aromatic carbocycles. The van der Waals surface area contributed by atoms with Crippen LogP contribution in [0.5, 0.6) is 0 Å². The third-order valence-corrected chi connectivity index (χ3v) is 5.52. The Morgan fingerprint density at radius 3 is 1.63 bits per heavy atom. The summed E-state index contributed by atoms with van der Waals surface area (Å²) in [5, 5.41) is 3.51. The van der Waals surface area contributed by atoms with Crippen LogP contribution in [0.1, 0.15) is 115 Å². The second kappa shape index (κ2) is 18.3. The lowest BCUT2D eigenvalue weighted by Crippen LogP contribution is -2.03. The van der Waals surface area contributed by atoms with Gasteiger partial charge in [0.1, 0.15) is 0 Å². The Hall–Kier alpha value is -1.02. The zero-order valence-electron chi connectivity index (χ0n) is 18.1. The fraction of sp³-hybridized carbons (Fsp3) is 0.760. The second-order valence-corrected chi connectivity index (χ2v) is 8.13. The van der Waals surface area contributed by atoms with E-state index >= 15 is 0 Å². The normalized spacial score (nSPS) is 11.0. The van der Waals surface area contributed by atoms with E-state index in [9.17, 15) is 0 Å². The van der Waals surface area contributed by atoms with Gasteiger partial charge in [0, 0.05) is 18.8 Å². The molecule has 0 fully saturated rings. The van der Waals surface area contributed by atoms with E-state index in [1.807, 2.05) is 0 Å². The van der Waals surface area contributed by atoms with E-state index in [0.29, 0.717) is 6.54 Å². The summed E-state index contributed by atoms with van der Waals surface area (Å²) in [6.07, 6.45) is 22.8. The van der Waals surface area contributed by atoms with Crippen molar-refractivity contribution in [2.75, 3.05) is 11.9 Å². The summed E-state index contributed by atoms with van der Waals surface area (Å²) in [6, 6.07) is 8.45. The molecule has 1 aromatic rings. The minimum atomic E-state index is 0.620. The van der Waals surface area contributed by atoms with Gasteiger partial charge in [-0.2, -0.15) is 0 Å². The Morgan fingerprint density at radius 1 is 0.667 bits per heavy atom. The van der Waals surface area contributed by atoms with E-state index in [-0.39, 0.29) is 0 Å². The average Bonchev–Trinajstić information content (AvgIpc) is 2.70. The Labute approximate surface area is 169 Å². The monoisotopic (exact) mass is 374 g/mol. The number of hydrogen-bond donors (Lipinski definition) is 2. The van der Waals surface area contributed by atoms with Gasteiger partial charge in [-0.1, -0.05) is 115 Å². The van der Waals surface area contributed by atoms with Crippen molar-refractivity contribution in [2.24, 2.45) is 5.73 Å². The fourth-order valence-corrected chi connectivity index (χ4v) is 3.71. The topological polar surface area (TPSA) is 38.0 Å². The van der Waals surface area contributed by atoms with Gasteiger partial charge in [-0.05, 0) is 24.1 Å². The van der Waals surface area contributed by atoms with Gasteiger partial charge in [0.2, 0.25) is 0 Å². The Bertz CT molecular complexity index is 430. The summed E-state index contributed by atoms with van der Waals surface area (Å²) in [5.41, 5.74) is 8.09. The predicted molar refractivity (Wildman–Crippen MR) is 122 cm³/mol. The highest BCUT2D eigenvalue weighted by Crippen LogP contribution is 2.14. The lowest BCUT2D eigenvalue weighted by atomic mass is 10.0. The second-order valence-electron chi connectivity index (χ2n) is 8.13. The maximum Gasteiger partial charge on any atom is 0.0343 e. The first-order valence-electron chi connectivity index (χ1n) is 11.9. The lowest BCUT2D eigenvalue weighted by molar-refractivity contribution is 0.530. The molecule has 0 aliphatic carbocycles.